The van der Waals surface area contributed by atoms with E-state index in [-0.39, 0.29) is 4.90 Å². The molecular weight excluding hydrogens is 268 g/mol. The first-order chi connectivity index (χ1) is 6.56. The van der Waals surface area contributed by atoms with Crippen LogP contribution in [0.4, 0.5) is 0 Å². The normalized spacial score (nSPS) is 10.1. The largest absolute Gasteiger partial charge is 0.347 e. The molecule has 0 bridgehead atoms. The van der Waals surface area contributed by atoms with Crippen molar-refractivity contribution in [2.75, 3.05) is 0 Å². The smallest absolute Gasteiger partial charge is 0.323 e. The van der Waals surface area contributed by atoms with E-state index in [9.17, 15) is 8.42 Å². The van der Waals surface area contributed by atoms with E-state index in [1.54, 1.807) is 12.1 Å². The van der Waals surface area contributed by atoms with Crippen molar-refractivity contribution >= 4 is 26.0 Å². The van der Waals surface area contributed by atoms with Crippen LogP contribution in [0, 0.1) is 17.9 Å². The molecule has 5 heteroatoms. The van der Waals surface area contributed by atoms with Crippen LogP contribution in [-0.4, -0.2) is 8.42 Å². The van der Waals surface area contributed by atoms with E-state index in [2.05, 4.69) is 24.9 Å². The lowest BCUT2D eigenvalue weighted by Crippen LogP contribution is -2.02. The van der Waals surface area contributed by atoms with Gasteiger partial charge in [-0.25, -0.2) is 0 Å². The van der Waals surface area contributed by atoms with Crippen molar-refractivity contribution in [2.24, 2.45) is 0 Å². The van der Waals surface area contributed by atoms with E-state index < -0.39 is 10.1 Å². The number of hydrogen-bond acceptors (Lipinski definition) is 3. The Bertz CT molecular complexity index is 465. The van der Waals surface area contributed by atoms with Gasteiger partial charge in [-0.2, -0.15) is 8.42 Å². The minimum absolute atomic E-state index is 0.0957. The number of halogens is 1. The maximum atomic E-state index is 11.4. The number of hydrogen-bond donors (Lipinski definition) is 0. The highest BCUT2D eigenvalue weighted by molar-refractivity contribution is 9.12. The Morgan fingerprint density at radius 2 is 1.86 bits per heavy atom. The van der Waals surface area contributed by atoms with Crippen molar-refractivity contribution in [3.63, 3.8) is 0 Å². The maximum Gasteiger partial charge on any atom is 0.347 e. The third-order valence-corrected chi connectivity index (χ3v) is 2.81. The molecule has 0 radical (unpaired) electrons. The van der Waals surface area contributed by atoms with Crippen LogP contribution in [0.1, 0.15) is 5.56 Å². The highest BCUT2D eigenvalue weighted by Crippen LogP contribution is 2.12. The molecule has 0 aliphatic rings. The molecular formula is C9H7BrO3S. The Labute approximate surface area is 91.3 Å². The Hall–Kier alpha value is -0.990. The van der Waals surface area contributed by atoms with Crippen molar-refractivity contribution in [1.82, 2.24) is 0 Å². The number of rotatable bonds is 2. The van der Waals surface area contributed by atoms with Gasteiger partial charge in [-0.1, -0.05) is 17.7 Å². The van der Waals surface area contributed by atoms with Crippen LogP contribution in [0.5, 0.6) is 0 Å². The molecule has 0 N–H and O–H groups in total. The molecule has 14 heavy (non-hydrogen) atoms. The lowest BCUT2D eigenvalue weighted by Gasteiger charge is -2.00. The Balaban J connectivity index is 3.03. The second kappa shape index (κ2) is 4.49. The minimum atomic E-state index is -3.74. The molecule has 0 fully saturated rings. The molecule has 0 amide bonds. The van der Waals surface area contributed by atoms with Gasteiger partial charge in [0, 0.05) is 20.8 Å². The Morgan fingerprint density at radius 3 is 2.36 bits per heavy atom. The van der Waals surface area contributed by atoms with Gasteiger partial charge in [0.15, 0.2) is 0 Å². The molecule has 74 valence electrons. The summed E-state index contributed by atoms with van der Waals surface area (Å²) in [4.78, 5) is 2.26. The molecule has 0 saturated carbocycles. The van der Waals surface area contributed by atoms with Crippen LogP contribution in [0.15, 0.2) is 29.2 Å². The summed E-state index contributed by atoms with van der Waals surface area (Å²) in [7, 11) is -3.74. The molecule has 0 atom stereocenters. The van der Waals surface area contributed by atoms with Crippen LogP contribution in [0.25, 0.3) is 0 Å². The maximum absolute atomic E-state index is 11.4. The number of benzene rings is 1. The van der Waals surface area contributed by atoms with Crippen molar-refractivity contribution in [1.29, 1.82) is 0 Å². The summed E-state index contributed by atoms with van der Waals surface area (Å²) in [5.74, 6) is 0. The molecule has 1 aromatic rings. The van der Waals surface area contributed by atoms with Gasteiger partial charge in [0.1, 0.15) is 11.0 Å². The van der Waals surface area contributed by atoms with Crippen LogP contribution < -0.4 is 0 Å². The van der Waals surface area contributed by atoms with Crippen molar-refractivity contribution in [3.05, 3.63) is 29.8 Å². The van der Waals surface area contributed by atoms with Crippen LogP contribution in [0.3, 0.4) is 0 Å². The predicted octanol–water partition coefficient (Wildman–Crippen LogP) is 2.01. The van der Waals surface area contributed by atoms with Gasteiger partial charge in [-0.05, 0) is 19.1 Å². The lowest BCUT2D eigenvalue weighted by atomic mass is 10.2. The average Bonchev–Trinajstić information content (AvgIpc) is 2.16. The second-order valence-corrected chi connectivity index (χ2v) is 4.49. The van der Waals surface area contributed by atoms with Gasteiger partial charge < -0.3 is 4.18 Å². The summed E-state index contributed by atoms with van der Waals surface area (Å²) in [5, 5.41) is 0. The predicted molar refractivity (Wildman–Crippen MR) is 56.2 cm³/mol. The first-order valence-corrected chi connectivity index (χ1v) is 5.87. The fraction of sp³-hybridized carbons (Fsp3) is 0.111. The van der Waals surface area contributed by atoms with Crippen molar-refractivity contribution in [3.8, 4) is 10.9 Å². The molecule has 0 aliphatic carbocycles. The van der Waals surface area contributed by atoms with Gasteiger partial charge in [-0.15, -0.1) is 0 Å². The summed E-state index contributed by atoms with van der Waals surface area (Å²) in [6.45, 7) is 1.87. The van der Waals surface area contributed by atoms with E-state index in [1.807, 2.05) is 13.0 Å². The second-order valence-electron chi connectivity index (χ2n) is 2.55. The van der Waals surface area contributed by atoms with E-state index in [4.69, 9.17) is 0 Å². The molecule has 0 aliphatic heterocycles. The van der Waals surface area contributed by atoms with E-state index in [1.165, 1.54) is 12.1 Å². The SMILES string of the molecule is Cc1ccc(S(=O)(=O)OC#CBr)cc1. The monoisotopic (exact) mass is 274 g/mol. The average molecular weight is 275 g/mol. The molecule has 0 saturated heterocycles. The standard InChI is InChI=1S/C9H7BrO3S/c1-8-2-4-9(5-3-8)14(11,12)13-7-6-10/h2-5H,1H3. The summed E-state index contributed by atoms with van der Waals surface area (Å²) in [6, 6.07) is 6.33. The Kier molecular flexibility index (Phi) is 3.55. The summed E-state index contributed by atoms with van der Waals surface area (Å²) in [6.07, 6.45) is 1.98. The van der Waals surface area contributed by atoms with Crippen LogP contribution >= 0.6 is 15.9 Å². The highest BCUT2D eigenvalue weighted by Gasteiger charge is 2.13. The first kappa shape index (κ1) is 11.1. The highest BCUT2D eigenvalue weighted by atomic mass is 79.9. The molecule has 1 aromatic carbocycles. The fourth-order valence-electron chi connectivity index (χ4n) is 0.824. The van der Waals surface area contributed by atoms with Gasteiger partial charge in [0.05, 0.1) is 0 Å². The molecule has 0 unspecified atom stereocenters. The third-order valence-electron chi connectivity index (χ3n) is 1.50. The molecule has 0 spiro atoms. The molecule has 3 nitrogen and oxygen atoms in total. The van der Waals surface area contributed by atoms with Crippen molar-refractivity contribution < 1.29 is 12.6 Å². The van der Waals surface area contributed by atoms with E-state index in [0.29, 0.717) is 0 Å². The zero-order chi connectivity index (χ0) is 10.6. The summed E-state index contributed by atoms with van der Waals surface area (Å²) in [5.41, 5.74) is 0.982. The fourth-order valence-corrected chi connectivity index (χ4v) is 1.73. The van der Waals surface area contributed by atoms with E-state index >= 15 is 0 Å². The third kappa shape index (κ3) is 2.76. The van der Waals surface area contributed by atoms with Crippen LogP contribution in [0.2, 0.25) is 0 Å². The van der Waals surface area contributed by atoms with Crippen molar-refractivity contribution in [2.45, 2.75) is 11.8 Å². The molecule has 0 heterocycles. The number of aryl methyl sites for hydroxylation is 1. The van der Waals surface area contributed by atoms with Gasteiger partial charge in [-0.3, -0.25) is 0 Å². The minimum Gasteiger partial charge on any atom is -0.323 e. The van der Waals surface area contributed by atoms with Gasteiger partial charge in [0.2, 0.25) is 0 Å². The summed E-state index contributed by atoms with van der Waals surface area (Å²) >= 11 is 2.74. The quantitative estimate of drug-likeness (QED) is 0.612. The summed E-state index contributed by atoms with van der Waals surface area (Å²) < 4.78 is 27.1. The van der Waals surface area contributed by atoms with Crippen LogP contribution in [-0.2, 0) is 14.3 Å². The topological polar surface area (TPSA) is 43.4 Å². The zero-order valence-electron chi connectivity index (χ0n) is 7.32. The van der Waals surface area contributed by atoms with Gasteiger partial charge >= 0.3 is 10.1 Å². The first-order valence-electron chi connectivity index (χ1n) is 3.67. The van der Waals surface area contributed by atoms with Gasteiger partial charge in [0.25, 0.3) is 0 Å². The molecule has 0 aromatic heterocycles. The van der Waals surface area contributed by atoms with E-state index in [0.717, 1.165) is 5.56 Å². The zero-order valence-corrected chi connectivity index (χ0v) is 9.72. The lowest BCUT2D eigenvalue weighted by molar-refractivity contribution is 0.466. The Morgan fingerprint density at radius 1 is 1.29 bits per heavy atom. The molecule has 1 rings (SSSR count).